The van der Waals surface area contributed by atoms with Crippen LogP contribution in [0, 0.1) is 5.92 Å². The van der Waals surface area contributed by atoms with Crippen molar-refractivity contribution in [2.45, 2.75) is 31.2 Å². The van der Waals surface area contributed by atoms with Crippen molar-refractivity contribution in [3.8, 4) is 0 Å². The Balaban J connectivity index is 1.99. The van der Waals surface area contributed by atoms with Gasteiger partial charge >= 0.3 is 12.0 Å². The molecule has 0 bridgehead atoms. The SMILES string of the molecule is COC(=O)C1=C(CS(=O)(=O)c2ccc(CC(C)C)cc2)NC(=O)NC1c1ccccc1. The van der Waals surface area contributed by atoms with Gasteiger partial charge in [0.25, 0.3) is 0 Å². The summed E-state index contributed by atoms with van der Waals surface area (Å²) in [5, 5.41) is 5.17. The van der Waals surface area contributed by atoms with Crippen LogP contribution in [0.25, 0.3) is 0 Å². The molecule has 7 nitrogen and oxygen atoms in total. The van der Waals surface area contributed by atoms with Crippen LogP contribution in [0.1, 0.15) is 31.0 Å². The highest BCUT2D eigenvalue weighted by Crippen LogP contribution is 2.29. The van der Waals surface area contributed by atoms with Crippen LogP contribution in [0.15, 0.2) is 70.8 Å². The number of rotatable bonds is 7. The second-order valence-electron chi connectivity index (χ2n) is 7.83. The summed E-state index contributed by atoms with van der Waals surface area (Å²) >= 11 is 0. The third-order valence-corrected chi connectivity index (χ3v) is 6.61. The number of esters is 1. The highest BCUT2D eigenvalue weighted by molar-refractivity contribution is 7.91. The van der Waals surface area contributed by atoms with E-state index in [1.807, 2.05) is 6.07 Å². The molecule has 0 spiro atoms. The van der Waals surface area contributed by atoms with E-state index in [0.717, 1.165) is 12.0 Å². The minimum absolute atomic E-state index is 0.00992. The minimum atomic E-state index is -3.82. The van der Waals surface area contributed by atoms with Crippen molar-refractivity contribution in [3.63, 3.8) is 0 Å². The molecule has 1 heterocycles. The van der Waals surface area contributed by atoms with Crippen LogP contribution in [0.5, 0.6) is 0 Å². The number of ether oxygens (including phenoxy) is 1. The molecule has 0 saturated heterocycles. The number of benzene rings is 2. The van der Waals surface area contributed by atoms with Gasteiger partial charge in [0.2, 0.25) is 0 Å². The van der Waals surface area contributed by atoms with Gasteiger partial charge in [-0.05, 0) is 35.6 Å². The summed E-state index contributed by atoms with van der Waals surface area (Å²) in [5.74, 6) is -0.786. The zero-order chi connectivity index (χ0) is 22.6. The van der Waals surface area contributed by atoms with Crippen molar-refractivity contribution in [3.05, 3.63) is 77.0 Å². The molecule has 1 aliphatic rings. The lowest BCUT2D eigenvalue weighted by atomic mass is 9.96. The Morgan fingerprint density at radius 1 is 1.06 bits per heavy atom. The number of hydrogen-bond acceptors (Lipinski definition) is 5. The van der Waals surface area contributed by atoms with Crippen LogP contribution in [0.4, 0.5) is 4.79 Å². The van der Waals surface area contributed by atoms with E-state index in [1.54, 1.807) is 48.5 Å². The molecular weight excluding hydrogens is 416 g/mol. The molecule has 0 fully saturated rings. The van der Waals surface area contributed by atoms with Gasteiger partial charge in [0.15, 0.2) is 9.84 Å². The zero-order valence-electron chi connectivity index (χ0n) is 17.7. The van der Waals surface area contributed by atoms with Gasteiger partial charge < -0.3 is 15.4 Å². The third kappa shape index (κ3) is 5.32. The summed E-state index contributed by atoms with van der Waals surface area (Å²) in [5.41, 5.74) is 1.76. The fraction of sp³-hybridized carbons (Fsp3) is 0.304. The van der Waals surface area contributed by atoms with E-state index in [2.05, 4.69) is 24.5 Å². The maximum atomic E-state index is 13.1. The summed E-state index contributed by atoms with van der Waals surface area (Å²) in [7, 11) is -2.60. The predicted octanol–water partition coefficient (Wildman–Crippen LogP) is 3.14. The Hall–Kier alpha value is -3.13. The smallest absolute Gasteiger partial charge is 0.338 e. The van der Waals surface area contributed by atoms with Gasteiger partial charge in [-0.2, -0.15) is 0 Å². The van der Waals surface area contributed by atoms with Crippen LogP contribution in [0.2, 0.25) is 0 Å². The summed E-state index contributed by atoms with van der Waals surface area (Å²) in [6.07, 6.45) is 0.846. The average Bonchev–Trinajstić information content (AvgIpc) is 2.73. The number of hydrogen-bond donors (Lipinski definition) is 2. The topological polar surface area (TPSA) is 102 Å². The molecule has 2 aromatic rings. The van der Waals surface area contributed by atoms with Gasteiger partial charge in [0, 0.05) is 5.70 Å². The van der Waals surface area contributed by atoms with E-state index in [4.69, 9.17) is 4.74 Å². The first kappa shape index (κ1) is 22.6. The fourth-order valence-electron chi connectivity index (χ4n) is 3.56. The van der Waals surface area contributed by atoms with Crippen molar-refractivity contribution in [2.24, 2.45) is 5.92 Å². The van der Waals surface area contributed by atoms with Crippen molar-refractivity contribution in [2.75, 3.05) is 12.9 Å². The predicted molar refractivity (Wildman–Crippen MR) is 117 cm³/mol. The van der Waals surface area contributed by atoms with E-state index in [1.165, 1.54) is 7.11 Å². The lowest BCUT2D eigenvalue weighted by Gasteiger charge is -2.29. The molecule has 3 rings (SSSR count). The first-order valence-corrected chi connectivity index (χ1v) is 11.6. The van der Waals surface area contributed by atoms with Crippen molar-refractivity contribution < 1.29 is 22.7 Å². The van der Waals surface area contributed by atoms with Gasteiger partial charge in [-0.1, -0.05) is 56.3 Å². The van der Waals surface area contributed by atoms with E-state index < -0.39 is 33.6 Å². The van der Waals surface area contributed by atoms with E-state index in [-0.39, 0.29) is 16.2 Å². The largest absolute Gasteiger partial charge is 0.466 e. The lowest BCUT2D eigenvalue weighted by Crippen LogP contribution is -2.47. The summed E-state index contributed by atoms with van der Waals surface area (Å²) in [6.45, 7) is 4.18. The molecule has 0 aromatic heterocycles. The van der Waals surface area contributed by atoms with Gasteiger partial charge in [0.05, 0.1) is 29.4 Å². The molecule has 1 unspecified atom stereocenters. The van der Waals surface area contributed by atoms with Gasteiger partial charge in [-0.15, -0.1) is 0 Å². The standard InChI is InChI=1S/C23H26N2O5S/c1-15(2)13-16-9-11-18(12-10-16)31(28,29)14-19-20(22(26)30-3)21(25-23(27)24-19)17-7-5-4-6-8-17/h4-12,15,21H,13-14H2,1-3H3,(H2,24,25,27). The van der Waals surface area contributed by atoms with Crippen LogP contribution in [0.3, 0.4) is 0 Å². The molecule has 0 radical (unpaired) electrons. The molecule has 1 atom stereocenters. The third-order valence-electron chi connectivity index (χ3n) is 4.95. The average molecular weight is 443 g/mol. The Morgan fingerprint density at radius 2 is 1.71 bits per heavy atom. The number of sulfone groups is 1. The first-order chi connectivity index (χ1) is 14.7. The molecule has 31 heavy (non-hydrogen) atoms. The fourth-order valence-corrected chi connectivity index (χ4v) is 4.88. The molecule has 0 saturated carbocycles. The summed E-state index contributed by atoms with van der Waals surface area (Å²) in [4.78, 5) is 25.0. The highest BCUT2D eigenvalue weighted by atomic mass is 32.2. The zero-order valence-corrected chi connectivity index (χ0v) is 18.5. The maximum Gasteiger partial charge on any atom is 0.338 e. The molecule has 2 aromatic carbocycles. The maximum absolute atomic E-state index is 13.1. The molecular formula is C23H26N2O5S. The number of amides is 2. The number of carbonyl (C=O) groups excluding carboxylic acids is 2. The van der Waals surface area contributed by atoms with Gasteiger partial charge in [0.1, 0.15) is 0 Å². The molecule has 2 N–H and O–H groups in total. The van der Waals surface area contributed by atoms with Crippen LogP contribution < -0.4 is 10.6 Å². The van der Waals surface area contributed by atoms with E-state index in [9.17, 15) is 18.0 Å². The Labute approximate surface area is 182 Å². The number of methoxy groups -OCH3 is 1. The first-order valence-electron chi connectivity index (χ1n) is 9.96. The Morgan fingerprint density at radius 3 is 2.29 bits per heavy atom. The van der Waals surface area contributed by atoms with Gasteiger partial charge in [-0.3, -0.25) is 0 Å². The van der Waals surface area contributed by atoms with Crippen molar-refractivity contribution >= 4 is 21.8 Å². The summed E-state index contributed by atoms with van der Waals surface area (Å²) in [6, 6.07) is 14.1. The van der Waals surface area contributed by atoms with Crippen molar-refractivity contribution in [1.29, 1.82) is 0 Å². The number of carbonyl (C=O) groups is 2. The van der Waals surface area contributed by atoms with Crippen LogP contribution in [-0.2, 0) is 25.8 Å². The molecule has 0 aliphatic carbocycles. The van der Waals surface area contributed by atoms with Crippen LogP contribution in [-0.4, -0.2) is 33.3 Å². The number of urea groups is 1. The Kier molecular flexibility index (Phi) is 6.80. The second kappa shape index (κ2) is 9.34. The Bertz CT molecular complexity index is 1090. The molecule has 8 heteroatoms. The summed E-state index contributed by atoms with van der Waals surface area (Å²) < 4.78 is 31.1. The van der Waals surface area contributed by atoms with Gasteiger partial charge in [-0.25, -0.2) is 18.0 Å². The monoisotopic (exact) mass is 442 g/mol. The highest BCUT2D eigenvalue weighted by Gasteiger charge is 2.35. The quantitative estimate of drug-likeness (QED) is 0.642. The molecule has 1 aliphatic heterocycles. The lowest BCUT2D eigenvalue weighted by molar-refractivity contribution is -0.136. The van der Waals surface area contributed by atoms with Crippen molar-refractivity contribution in [1.82, 2.24) is 10.6 Å². The van der Waals surface area contributed by atoms with E-state index >= 15 is 0 Å². The van der Waals surface area contributed by atoms with E-state index in [0.29, 0.717) is 11.5 Å². The van der Waals surface area contributed by atoms with Crippen LogP contribution >= 0.6 is 0 Å². The normalized spacial score (nSPS) is 16.6. The number of nitrogens with one attached hydrogen (secondary N) is 2. The minimum Gasteiger partial charge on any atom is -0.466 e. The molecule has 164 valence electrons. The second-order valence-corrected chi connectivity index (χ2v) is 9.82. The molecule has 2 amide bonds.